The molecule has 1 amide bonds. The molecule has 0 aliphatic carbocycles. The summed E-state index contributed by atoms with van der Waals surface area (Å²) in [4.78, 5) is 16.4. The number of amides is 1. The van der Waals surface area contributed by atoms with Crippen LogP contribution < -0.4 is 10.6 Å². The molecule has 0 spiro atoms. The Morgan fingerprint density at radius 1 is 1.40 bits per heavy atom. The topological polar surface area (TPSA) is 88.2 Å². The predicted octanol–water partition coefficient (Wildman–Crippen LogP) is 0.739. The van der Waals surface area contributed by atoms with Crippen molar-refractivity contribution in [1.82, 2.24) is 10.3 Å². The summed E-state index contributed by atoms with van der Waals surface area (Å²) in [5, 5.41) is 5.69. The molecule has 1 aromatic rings. The largest absolute Gasteiger partial charge is 0.373 e. The van der Waals surface area contributed by atoms with Crippen molar-refractivity contribution in [2.75, 3.05) is 23.9 Å². The predicted molar refractivity (Wildman–Crippen MR) is 77.7 cm³/mol. The fourth-order valence-corrected chi connectivity index (χ4v) is 3.97. The second-order valence-corrected chi connectivity index (χ2v) is 7.29. The lowest BCUT2D eigenvalue weighted by Gasteiger charge is -2.23. The number of nitrogens with zero attached hydrogens (tertiary/aromatic N) is 1. The van der Waals surface area contributed by atoms with Gasteiger partial charge in [-0.25, -0.2) is 13.4 Å². The van der Waals surface area contributed by atoms with E-state index in [1.54, 1.807) is 19.2 Å². The van der Waals surface area contributed by atoms with E-state index in [0.717, 1.165) is 5.69 Å². The molecule has 1 unspecified atom stereocenters. The molecule has 1 aliphatic rings. The van der Waals surface area contributed by atoms with E-state index < -0.39 is 9.84 Å². The number of carbonyl (C=O) groups excluding carboxylic acids is 1. The van der Waals surface area contributed by atoms with E-state index in [0.29, 0.717) is 24.2 Å². The zero-order valence-electron chi connectivity index (χ0n) is 11.6. The van der Waals surface area contributed by atoms with Crippen LogP contribution in [0.3, 0.4) is 0 Å². The lowest BCUT2D eigenvalue weighted by molar-refractivity contribution is 0.0938. The minimum absolute atomic E-state index is 0.0295. The summed E-state index contributed by atoms with van der Waals surface area (Å²) >= 11 is 0. The normalized spacial score (nSPS) is 21.2. The van der Waals surface area contributed by atoms with Crippen molar-refractivity contribution < 1.29 is 13.2 Å². The summed E-state index contributed by atoms with van der Waals surface area (Å²) in [6.07, 6.45) is 1.30. The summed E-state index contributed by atoms with van der Waals surface area (Å²) in [6, 6.07) is 3.04. The number of carbonyl (C=O) groups is 1. The first-order valence-electron chi connectivity index (χ1n) is 6.57. The monoisotopic (exact) mass is 297 g/mol. The standard InChI is InChI=1S/C13H19N3O3S/c1-9-6-10(7-12(14-2)15-9)13(17)16-11-4-3-5-20(18,19)8-11/h6-7,11H,3-5,8H2,1-2H3,(H,14,15)(H,16,17). The Balaban J connectivity index is 2.10. The number of pyridine rings is 1. The highest BCUT2D eigenvalue weighted by Crippen LogP contribution is 2.14. The molecular weight excluding hydrogens is 278 g/mol. The van der Waals surface area contributed by atoms with Crippen LogP contribution in [-0.2, 0) is 9.84 Å². The van der Waals surface area contributed by atoms with Crippen LogP contribution in [0.1, 0.15) is 28.9 Å². The van der Waals surface area contributed by atoms with Crippen LogP contribution in [0.4, 0.5) is 5.82 Å². The van der Waals surface area contributed by atoms with Crippen molar-refractivity contribution in [3.8, 4) is 0 Å². The van der Waals surface area contributed by atoms with Crippen LogP contribution in [0.25, 0.3) is 0 Å². The van der Waals surface area contributed by atoms with E-state index in [1.807, 2.05) is 6.92 Å². The van der Waals surface area contributed by atoms with Crippen LogP contribution in [0.2, 0.25) is 0 Å². The first-order chi connectivity index (χ1) is 9.39. The van der Waals surface area contributed by atoms with Gasteiger partial charge in [0.25, 0.3) is 5.91 Å². The average Bonchev–Trinajstić information content (AvgIpc) is 2.36. The van der Waals surface area contributed by atoms with Gasteiger partial charge in [-0.2, -0.15) is 0 Å². The average molecular weight is 297 g/mol. The van der Waals surface area contributed by atoms with Crippen LogP contribution in [0, 0.1) is 6.92 Å². The first-order valence-corrected chi connectivity index (χ1v) is 8.39. The SMILES string of the molecule is CNc1cc(C(=O)NC2CCCS(=O)(=O)C2)cc(C)n1. The van der Waals surface area contributed by atoms with Crippen LogP contribution >= 0.6 is 0 Å². The highest BCUT2D eigenvalue weighted by Gasteiger charge is 2.26. The lowest BCUT2D eigenvalue weighted by Crippen LogP contribution is -2.43. The molecule has 0 radical (unpaired) electrons. The molecule has 20 heavy (non-hydrogen) atoms. The van der Waals surface area contributed by atoms with Crippen LogP contribution in [-0.4, -0.2) is 43.9 Å². The first kappa shape index (κ1) is 14.8. The van der Waals surface area contributed by atoms with Gasteiger partial charge in [0.05, 0.1) is 11.5 Å². The fraction of sp³-hybridized carbons (Fsp3) is 0.538. The Morgan fingerprint density at radius 2 is 2.15 bits per heavy atom. The molecule has 7 heteroatoms. The molecule has 1 aliphatic heterocycles. The molecule has 0 aromatic carbocycles. The molecule has 0 saturated carbocycles. The Morgan fingerprint density at radius 3 is 2.80 bits per heavy atom. The summed E-state index contributed by atoms with van der Waals surface area (Å²) in [5.74, 6) is 0.611. The Kier molecular flexibility index (Phi) is 4.27. The van der Waals surface area contributed by atoms with Gasteiger partial charge in [-0.15, -0.1) is 0 Å². The van der Waals surface area contributed by atoms with Crippen molar-refractivity contribution in [3.05, 3.63) is 23.4 Å². The minimum Gasteiger partial charge on any atom is -0.373 e. The number of hydrogen-bond donors (Lipinski definition) is 2. The fourth-order valence-electron chi connectivity index (χ4n) is 2.33. The van der Waals surface area contributed by atoms with Crippen molar-refractivity contribution >= 4 is 21.6 Å². The molecule has 1 atom stereocenters. The summed E-state index contributed by atoms with van der Waals surface area (Å²) in [7, 11) is -1.29. The molecule has 1 saturated heterocycles. The molecular formula is C13H19N3O3S. The number of sulfone groups is 1. The van der Waals surface area contributed by atoms with Gasteiger partial charge in [0.1, 0.15) is 5.82 Å². The molecule has 6 nitrogen and oxygen atoms in total. The maximum absolute atomic E-state index is 12.2. The summed E-state index contributed by atoms with van der Waals surface area (Å²) < 4.78 is 23.1. The molecule has 1 fully saturated rings. The zero-order chi connectivity index (χ0) is 14.8. The van der Waals surface area contributed by atoms with Gasteiger partial charge >= 0.3 is 0 Å². The lowest BCUT2D eigenvalue weighted by atomic mass is 10.1. The number of anilines is 1. The maximum Gasteiger partial charge on any atom is 0.251 e. The Hall–Kier alpha value is -1.63. The Labute approximate surface area is 118 Å². The minimum atomic E-state index is -3.02. The summed E-state index contributed by atoms with van der Waals surface area (Å²) in [5.41, 5.74) is 1.23. The number of nitrogens with one attached hydrogen (secondary N) is 2. The van der Waals surface area contributed by atoms with Crippen LogP contribution in [0.5, 0.6) is 0 Å². The zero-order valence-corrected chi connectivity index (χ0v) is 12.5. The molecule has 2 heterocycles. The number of aromatic nitrogens is 1. The molecule has 2 rings (SSSR count). The van der Waals surface area contributed by atoms with Crippen molar-refractivity contribution in [1.29, 1.82) is 0 Å². The highest BCUT2D eigenvalue weighted by atomic mass is 32.2. The van der Waals surface area contributed by atoms with Crippen molar-refractivity contribution in [3.63, 3.8) is 0 Å². The third-order valence-electron chi connectivity index (χ3n) is 3.27. The highest BCUT2D eigenvalue weighted by molar-refractivity contribution is 7.91. The van der Waals surface area contributed by atoms with E-state index >= 15 is 0 Å². The van der Waals surface area contributed by atoms with Crippen molar-refractivity contribution in [2.24, 2.45) is 0 Å². The number of rotatable bonds is 3. The van der Waals surface area contributed by atoms with Gasteiger partial charge in [0, 0.05) is 24.3 Å². The third kappa shape index (κ3) is 3.69. The van der Waals surface area contributed by atoms with E-state index in [1.165, 1.54) is 0 Å². The van der Waals surface area contributed by atoms with Gasteiger partial charge in [-0.3, -0.25) is 4.79 Å². The number of aryl methyl sites for hydroxylation is 1. The van der Waals surface area contributed by atoms with E-state index in [2.05, 4.69) is 15.6 Å². The molecule has 2 N–H and O–H groups in total. The second kappa shape index (κ2) is 5.78. The van der Waals surface area contributed by atoms with E-state index in [-0.39, 0.29) is 23.5 Å². The van der Waals surface area contributed by atoms with E-state index in [9.17, 15) is 13.2 Å². The van der Waals surface area contributed by atoms with Crippen molar-refractivity contribution in [2.45, 2.75) is 25.8 Å². The maximum atomic E-state index is 12.2. The smallest absolute Gasteiger partial charge is 0.251 e. The van der Waals surface area contributed by atoms with Gasteiger partial charge in [-0.05, 0) is 31.9 Å². The van der Waals surface area contributed by atoms with Gasteiger partial charge in [-0.1, -0.05) is 0 Å². The summed E-state index contributed by atoms with van der Waals surface area (Å²) in [6.45, 7) is 1.81. The van der Waals surface area contributed by atoms with Gasteiger partial charge in [0.15, 0.2) is 9.84 Å². The molecule has 0 bridgehead atoms. The Bertz CT molecular complexity index is 613. The molecule has 110 valence electrons. The third-order valence-corrected chi connectivity index (χ3v) is 5.09. The second-order valence-electron chi connectivity index (χ2n) is 5.06. The number of hydrogen-bond acceptors (Lipinski definition) is 5. The quantitative estimate of drug-likeness (QED) is 0.859. The van der Waals surface area contributed by atoms with E-state index in [4.69, 9.17) is 0 Å². The van der Waals surface area contributed by atoms with Crippen LogP contribution in [0.15, 0.2) is 12.1 Å². The van der Waals surface area contributed by atoms with Gasteiger partial charge in [0.2, 0.25) is 0 Å². The van der Waals surface area contributed by atoms with Gasteiger partial charge < -0.3 is 10.6 Å². The molecule has 1 aromatic heterocycles.